The second-order valence-electron chi connectivity index (χ2n) is 3.40. The Morgan fingerprint density at radius 1 is 1.24 bits per heavy atom. The van der Waals surface area contributed by atoms with Crippen LogP contribution in [0.25, 0.3) is 12.2 Å². The third kappa shape index (κ3) is 6.13. The molecule has 0 atom stereocenters. The predicted octanol–water partition coefficient (Wildman–Crippen LogP) is 5.82. The van der Waals surface area contributed by atoms with Crippen molar-refractivity contribution in [3.05, 3.63) is 58.7 Å². The summed E-state index contributed by atoms with van der Waals surface area (Å²) < 4.78 is 0. The van der Waals surface area contributed by atoms with E-state index < -0.39 is 0 Å². The van der Waals surface area contributed by atoms with Gasteiger partial charge in [0.15, 0.2) is 0 Å². The second kappa shape index (κ2) is 8.83. The van der Waals surface area contributed by atoms with E-state index in [1.807, 2.05) is 32.9 Å². The van der Waals surface area contributed by atoms with Crippen molar-refractivity contribution in [2.45, 2.75) is 27.7 Å². The average molecular weight is 249 g/mol. The molecule has 1 aromatic rings. The van der Waals surface area contributed by atoms with Crippen molar-refractivity contribution in [1.82, 2.24) is 0 Å². The molecule has 1 rings (SSSR count). The van der Waals surface area contributed by atoms with Crippen LogP contribution in [-0.2, 0) is 0 Å². The zero-order chi connectivity index (χ0) is 13.3. The van der Waals surface area contributed by atoms with Crippen molar-refractivity contribution in [3.63, 3.8) is 0 Å². The Morgan fingerprint density at radius 2 is 1.88 bits per heavy atom. The van der Waals surface area contributed by atoms with Crippen molar-refractivity contribution in [2.24, 2.45) is 0 Å². The number of benzene rings is 1. The Morgan fingerprint density at radius 3 is 2.41 bits per heavy atom. The van der Waals surface area contributed by atoms with Crippen LogP contribution in [0.2, 0.25) is 0 Å². The highest BCUT2D eigenvalue weighted by molar-refractivity contribution is 6.31. The highest BCUT2D eigenvalue weighted by Crippen LogP contribution is 2.15. The molecule has 0 aliphatic rings. The number of rotatable bonds is 3. The van der Waals surface area contributed by atoms with Crippen molar-refractivity contribution < 1.29 is 0 Å². The molecule has 0 amide bonds. The minimum absolute atomic E-state index is 0.545. The van der Waals surface area contributed by atoms with E-state index in [-0.39, 0.29) is 0 Å². The van der Waals surface area contributed by atoms with Crippen LogP contribution in [0.5, 0.6) is 0 Å². The molecule has 0 nitrogen and oxygen atoms in total. The molecule has 0 fully saturated rings. The van der Waals surface area contributed by atoms with Crippen molar-refractivity contribution in [1.29, 1.82) is 0 Å². The van der Waals surface area contributed by atoms with E-state index in [1.54, 1.807) is 6.08 Å². The summed E-state index contributed by atoms with van der Waals surface area (Å²) >= 11 is 5.66. The monoisotopic (exact) mass is 248 g/mol. The van der Waals surface area contributed by atoms with Gasteiger partial charge < -0.3 is 0 Å². The summed E-state index contributed by atoms with van der Waals surface area (Å²) in [5, 5.41) is 0.545. The van der Waals surface area contributed by atoms with Crippen molar-refractivity contribution in [2.75, 3.05) is 0 Å². The summed E-state index contributed by atoms with van der Waals surface area (Å²) in [6.07, 6.45) is 7.89. The maximum Gasteiger partial charge on any atom is 0.0334 e. The maximum atomic E-state index is 5.66. The lowest BCUT2D eigenvalue weighted by molar-refractivity contribution is 1.43. The average Bonchev–Trinajstić information content (AvgIpc) is 2.33. The van der Waals surface area contributed by atoms with Crippen molar-refractivity contribution >= 4 is 23.8 Å². The van der Waals surface area contributed by atoms with Gasteiger partial charge in [-0.2, -0.15) is 0 Å². The summed E-state index contributed by atoms with van der Waals surface area (Å²) in [5.41, 5.74) is 3.64. The quantitative estimate of drug-likeness (QED) is 0.591. The number of aryl methyl sites for hydroxylation is 1. The summed E-state index contributed by atoms with van der Waals surface area (Å²) in [4.78, 5) is 0. The number of hydrogen-bond acceptors (Lipinski definition) is 0. The molecular weight excluding hydrogens is 228 g/mol. The highest BCUT2D eigenvalue weighted by atomic mass is 35.5. The van der Waals surface area contributed by atoms with Gasteiger partial charge in [-0.05, 0) is 42.7 Å². The molecule has 0 heterocycles. The Balaban J connectivity index is 0.00000121. The lowest BCUT2D eigenvalue weighted by Crippen LogP contribution is -1.82. The molecule has 92 valence electrons. The topological polar surface area (TPSA) is 0 Å². The van der Waals surface area contributed by atoms with Crippen LogP contribution in [0, 0.1) is 6.92 Å². The van der Waals surface area contributed by atoms with E-state index in [1.165, 1.54) is 11.1 Å². The van der Waals surface area contributed by atoms with E-state index in [0.29, 0.717) is 5.03 Å². The first-order valence-corrected chi connectivity index (χ1v) is 6.27. The van der Waals surface area contributed by atoms with Crippen LogP contribution in [0.1, 0.15) is 37.5 Å². The van der Waals surface area contributed by atoms with Gasteiger partial charge in [0.2, 0.25) is 0 Å². The Kier molecular flexibility index (Phi) is 8.17. The Hall–Kier alpha value is -1.27. The first-order valence-electron chi connectivity index (χ1n) is 5.89. The molecular formula is C16H21Cl. The third-order valence-electron chi connectivity index (χ3n) is 2.11. The van der Waals surface area contributed by atoms with Gasteiger partial charge in [0.05, 0.1) is 0 Å². The standard InChI is InChI=1S/C14H15Cl.C2H6/c1-4-5-14-10-13(8-6-11(14)2)9-7-12(3)15;1-2/h4-10H,3H2,1-2H3;1-2H3/b5-4-,9-7+;. The smallest absolute Gasteiger partial charge is 0.0334 e. The molecule has 0 spiro atoms. The zero-order valence-corrected chi connectivity index (χ0v) is 11.9. The molecule has 0 bridgehead atoms. The lowest BCUT2D eigenvalue weighted by atomic mass is 10.0. The number of halogens is 1. The van der Waals surface area contributed by atoms with Gasteiger partial charge in [-0.3, -0.25) is 0 Å². The molecule has 0 unspecified atom stereocenters. The second-order valence-corrected chi connectivity index (χ2v) is 3.88. The first kappa shape index (κ1) is 15.7. The lowest BCUT2D eigenvalue weighted by Gasteiger charge is -2.01. The van der Waals surface area contributed by atoms with Crippen molar-refractivity contribution in [3.8, 4) is 0 Å². The molecule has 17 heavy (non-hydrogen) atoms. The Labute approximate surface area is 110 Å². The summed E-state index contributed by atoms with van der Waals surface area (Å²) in [6.45, 7) is 11.7. The molecule has 0 radical (unpaired) electrons. The number of hydrogen-bond donors (Lipinski definition) is 0. The fourth-order valence-electron chi connectivity index (χ4n) is 1.31. The molecule has 0 saturated heterocycles. The fourth-order valence-corrected chi connectivity index (χ4v) is 1.37. The van der Waals surface area contributed by atoms with Gasteiger partial charge in [0.25, 0.3) is 0 Å². The predicted molar refractivity (Wildman–Crippen MR) is 81.3 cm³/mol. The Bertz CT molecular complexity index is 412. The van der Waals surface area contributed by atoms with Gasteiger partial charge in [-0.15, -0.1) is 0 Å². The van der Waals surface area contributed by atoms with E-state index >= 15 is 0 Å². The van der Waals surface area contributed by atoms with E-state index in [4.69, 9.17) is 11.6 Å². The summed E-state index contributed by atoms with van der Waals surface area (Å²) in [5.74, 6) is 0. The number of allylic oxidation sites excluding steroid dienone is 3. The fraction of sp³-hybridized carbons (Fsp3) is 0.250. The molecule has 0 N–H and O–H groups in total. The normalized spacial score (nSPS) is 10.4. The van der Waals surface area contributed by atoms with Gasteiger partial charge in [0.1, 0.15) is 0 Å². The summed E-state index contributed by atoms with van der Waals surface area (Å²) in [6, 6.07) is 6.30. The first-order chi connectivity index (χ1) is 8.13. The minimum atomic E-state index is 0.545. The summed E-state index contributed by atoms with van der Waals surface area (Å²) in [7, 11) is 0. The van der Waals surface area contributed by atoms with Crippen LogP contribution in [0.15, 0.2) is 42.0 Å². The molecule has 0 aromatic heterocycles. The van der Waals surface area contributed by atoms with Crippen LogP contribution >= 0.6 is 11.6 Å². The van der Waals surface area contributed by atoms with Crippen LogP contribution in [0.4, 0.5) is 0 Å². The largest absolute Gasteiger partial charge is 0.0871 e. The maximum absolute atomic E-state index is 5.66. The van der Waals surface area contributed by atoms with Gasteiger partial charge in [-0.25, -0.2) is 0 Å². The SMILES string of the molecule is C=C(Cl)/C=C/c1ccc(C)c(/C=C\C)c1.CC. The third-order valence-corrected chi connectivity index (χ3v) is 2.23. The van der Waals surface area contributed by atoms with E-state index in [2.05, 4.69) is 37.8 Å². The molecule has 1 aromatic carbocycles. The van der Waals surface area contributed by atoms with Gasteiger partial charge >= 0.3 is 0 Å². The zero-order valence-electron chi connectivity index (χ0n) is 11.1. The van der Waals surface area contributed by atoms with E-state index in [9.17, 15) is 0 Å². The van der Waals surface area contributed by atoms with Crippen LogP contribution < -0.4 is 0 Å². The van der Waals surface area contributed by atoms with Gasteiger partial charge in [-0.1, -0.05) is 62.4 Å². The van der Waals surface area contributed by atoms with E-state index in [0.717, 1.165) is 5.56 Å². The molecule has 1 heteroatoms. The molecule has 0 saturated carbocycles. The highest BCUT2D eigenvalue weighted by Gasteiger charge is 1.94. The minimum Gasteiger partial charge on any atom is -0.0871 e. The molecule has 0 aliphatic carbocycles. The van der Waals surface area contributed by atoms with Crippen LogP contribution in [-0.4, -0.2) is 0 Å². The van der Waals surface area contributed by atoms with Gasteiger partial charge in [0, 0.05) is 5.03 Å². The van der Waals surface area contributed by atoms with Crippen LogP contribution in [0.3, 0.4) is 0 Å². The molecule has 0 aliphatic heterocycles.